The van der Waals surface area contributed by atoms with Gasteiger partial charge >= 0.3 is 0 Å². The summed E-state index contributed by atoms with van der Waals surface area (Å²) in [7, 11) is -3.36. The van der Waals surface area contributed by atoms with Crippen LogP contribution in [0.25, 0.3) is 0 Å². The van der Waals surface area contributed by atoms with Gasteiger partial charge in [0.25, 0.3) is 10.2 Å². The van der Waals surface area contributed by atoms with Gasteiger partial charge in [-0.15, -0.1) is 0 Å². The summed E-state index contributed by atoms with van der Waals surface area (Å²) in [5, 5.41) is 0. The summed E-state index contributed by atoms with van der Waals surface area (Å²) in [5.74, 6) is 1.42. The Bertz CT molecular complexity index is 613. The van der Waals surface area contributed by atoms with Crippen molar-refractivity contribution >= 4 is 10.2 Å². The van der Waals surface area contributed by atoms with Crippen LogP contribution in [0.4, 0.5) is 0 Å². The molecule has 1 N–H and O–H groups in total. The van der Waals surface area contributed by atoms with Crippen molar-refractivity contribution in [2.75, 3.05) is 32.8 Å². The van der Waals surface area contributed by atoms with E-state index in [9.17, 15) is 8.42 Å². The molecule has 0 unspecified atom stereocenters. The summed E-state index contributed by atoms with van der Waals surface area (Å²) in [5.41, 5.74) is 1.02. The van der Waals surface area contributed by atoms with Crippen LogP contribution >= 0.6 is 0 Å². The van der Waals surface area contributed by atoms with E-state index in [1.807, 2.05) is 32.0 Å². The van der Waals surface area contributed by atoms with E-state index in [2.05, 4.69) is 4.72 Å². The van der Waals surface area contributed by atoms with Crippen LogP contribution in [-0.2, 0) is 16.6 Å². The molecule has 0 spiro atoms. The maximum atomic E-state index is 12.3. The molecule has 2 rings (SSSR count). The van der Waals surface area contributed by atoms with Gasteiger partial charge in [-0.2, -0.15) is 12.7 Å². The third-order valence-corrected chi connectivity index (χ3v) is 5.57. The molecule has 0 atom stereocenters. The van der Waals surface area contributed by atoms with E-state index in [1.165, 1.54) is 0 Å². The lowest BCUT2D eigenvalue weighted by Crippen LogP contribution is -2.43. The summed E-state index contributed by atoms with van der Waals surface area (Å²) in [6, 6.07) is 5.75. The fraction of sp³-hybridized carbons (Fsp3) is 0.647. The second-order valence-electron chi connectivity index (χ2n) is 5.76. The first kappa shape index (κ1) is 19.0. The van der Waals surface area contributed by atoms with Gasteiger partial charge in [0, 0.05) is 19.6 Å². The molecule has 6 nitrogen and oxygen atoms in total. The highest BCUT2D eigenvalue weighted by molar-refractivity contribution is 7.87. The Kier molecular flexibility index (Phi) is 7.33. The zero-order valence-corrected chi connectivity index (χ0v) is 15.4. The van der Waals surface area contributed by atoms with Gasteiger partial charge in [0.2, 0.25) is 0 Å². The Balaban J connectivity index is 1.92. The second kappa shape index (κ2) is 9.25. The standard InChI is InChI=1S/C17H28N2O4S/c1-3-22-16-9-8-15(14-17(16)23-4-2)10-11-18-24(20,21)19-12-6-5-7-13-19/h8-9,14,18H,3-7,10-13H2,1-2H3. The maximum absolute atomic E-state index is 12.3. The maximum Gasteiger partial charge on any atom is 0.279 e. The van der Waals surface area contributed by atoms with Crippen molar-refractivity contribution < 1.29 is 17.9 Å². The summed E-state index contributed by atoms with van der Waals surface area (Å²) >= 11 is 0. The van der Waals surface area contributed by atoms with Crippen molar-refractivity contribution in [3.8, 4) is 11.5 Å². The topological polar surface area (TPSA) is 67.9 Å². The number of rotatable bonds is 9. The number of hydrogen-bond donors (Lipinski definition) is 1. The minimum absolute atomic E-state index is 0.373. The van der Waals surface area contributed by atoms with Gasteiger partial charge in [0.1, 0.15) is 0 Å². The molecule has 1 aliphatic rings. The van der Waals surface area contributed by atoms with Crippen molar-refractivity contribution in [2.45, 2.75) is 39.5 Å². The van der Waals surface area contributed by atoms with E-state index in [1.54, 1.807) is 4.31 Å². The first-order valence-electron chi connectivity index (χ1n) is 8.70. The number of piperidine rings is 1. The Hall–Kier alpha value is -1.31. The Morgan fingerprint density at radius 3 is 2.38 bits per heavy atom. The Morgan fingerprint density at radius 2 is 1.71 bits per heavy atom. The minimum Gasteiger partial charge on any atom is -0.490 e. The van der Waals surface area contributed by atoms with Crippen LogP contribution in [0.15, 0.2) is 18.2 Å². The number of hydrogen-bond acceptors (Lipinski definition) is 4. The van der Waals surface area contributed by atoms with Gasteiger partial charge in [-0.1, -0.05) is 12.5 Å². The fourth-order valence-electron chi connectivity index (χ4n) is 2.77. The first-order valence-corrected chi connectivity index (χ1v) is 10.1. The van der Waals surface area contributed by atoms with Crippen molar-refractivity contribution in [3.63, 3.8) is 0 Å². The normalized spacial score (nSPS) is 16.1. The van der Waals surface area contributed by atoms with Gasteiger partial charge in [-0.25, -0.2) is 4.72 Å². The van der Waals surface area contributed by atoms with Crippen molar-refractivity contribution in [1.82, 2.24) is 9.03 Å². The average molecular weight is 356 g/mol. The minimum atomic E-state index is -3.36. The van der Waals surface area contributed by atoms with Crippen LogP contribution in [0.2, 0.25) is 0 Å². The highest BCUT2D eigenvalue weighted by Gasteiger charge is 2.22. The van der Waals surface area contributed by atoms with Gasteiger partial charge in [0.15, 0.2) is 11.5 Å². The highest BCUT2D eigenvalue weighted by Crippen LogP contribution is 2.28. The Morgan fingerprint density at radius 1 is 1.04 bits per heavy atom. The lowest BCUT2D eigenvalue weighted by atomic mass is 10.1. The van der Waals surface area contributed by atoms with E-state index in [0.29, 0.717) is 45.0 Å². The third kappa shape index (κ3) is 5.36. The van der Waals surface area contributed by atoms with Crippen LogP contribution in [0, 0.1) is 0 Å². The fourth-order valence-corrected chi connectivity index (χ4v) is 4.05. The highest BCUT2D eigenvalue weighted by atomic mass is 32.2. The second-order valence-corrected chi connectivity index (χ2v) is 7.51. The molecule has 0 radical (unpaired) electrons. The number of ether oxygens (including phenoxy) is 2. The van der Waals surface area contributed by atoms with Gasteiger partial charge in [0.05, 0.1) is 13.2 Å². The smallest absolute Gasteiger partial charge is 0.279 e. The van der Waals surface area contributed by atoms with E-state index in [0.717, 1.165) is 30.6 Å². The largest absolute Gasteiger partial charge is 0.490 e. The van der Waals surface area contributed by atoms with Gasteiger partial charge in [-0.3, -0.25) is 0 Å². The lowest BCUT2D eigenvalue weighted by molar-refractivity contribution is 0.287. The predicted molar refractivity (Wildman–Crippen MR) is 94.8 cm³/mol. The molecule has 24 heavy (non-hydrogen) atoms. The molecule has 1 heterocycles. The van der Waals surface area contributed by atoms with Crippen molar-refractivity contribution in [1.29, 1.82) is 0 Å². The molecule has 1 aliphatic heterocycles. The van der Waals surface area contributed by atoms with Crippen molar-refractivity contribution in [3.05, 3.63) is 23.8 Å². The van der Waals surface area contributed by atoms with E-state index < -0.39 is 10.2 Å². The Labute approximate surface area is 145 Å². The molecular formula is C17H28N2O4S. The van der Waals surface area contributed by atoms with Crippen molar-refractivity contribution in [2.24, 2.45) is 0 Å². The summed E-state index contributed by atoms with van der Waals surface area (Å²) in [6.45, 7) is 6.60. The van der Waals surface area contributed by atoms with Crippen LogP contribution in [-0.4, -0.2) is 45.6 Å². The molecule has 0 aromatic heterocycles. The number of benzene rings is 1. The van der Waals surface area contributed by atoms with Crippen LogP contribution < -0.4 is 14.2 Å². The molecule has 1 aromatic rings. The summed E-state index contributed by atoms with van der Waals surface area (Å²) in [6.07, 6.45) is 3.60. The molecule has 136 valence electrons. The number of nitrogens with one attached hydrogen (secondary N) is 1. The summed E-state index contributed by atoms with van der Waals surface area (Å²) in [4.78, 5) is 0. The molecule has 7 heteroatoms. The van der Waals surface area contributed by atoms with Crippen LogP contribution in [0.1, 0.15) is 38.7 Å². The van der Waals surface area contributed by atoms with Gasteiger partial charge < -0.3 is 9.47 Å². The molecule has 1 saturated heterocycles. The lowest BCUT2D eigenvalue weighted by Gasteiger charge is -2.25. The van der Waals surface area contributed by atoms with E-state index >= 15 is 0 Å². The predicted octanol–water partition coefficient (Wildman–Crippen LogP) is 2.35. The zero-order chi connectivity index (χ0) is 17.4. The average Bonchev–Trinajstić information content (AvgIpc) is 2.58. The molecule has 0 saturated carbocycles. The van der Waals surface area contributed by atoms with E-state index in [-0.39, 0.29) is 0 Å². The monoisotopic (exact) mass is 356 g/mol. The number of nitrogens with zero attached hydrogens (tertiary/aromatic N) is 1. The molecule has 0 bridgehead atoms. The third-order valence-electron chi connectivity index (χ3n) is 3.96. The van der Waals surface area contributed by atoms with Crippen LogP contribution in [0.5, 0.6) is 11.5 Å². The molecule has 1 aromatic carbocycles. The first-order chi connectivity index (χ1) is 11.6. The molecule has 0 aliphatic carbocycles. The van der Waals surface area contributed by atoms with E-state index in [4.69, 9.17) is 9.47 Å². The molecule has 0 amide bonds. The van der Waals surface area contributed by atoms with Crippen LogP contribution in [0.3, 0.4) is 0 Å². The molecule has 1 fully saturated rings. The zero-order valence-electron chi connectivity index (χ0n) is 14.6. The summed E-state index contributed by atoms with van der Waals surface area (Å²) < 4.78 is 39.9. The SMILES string of the molecule is CCOc1ccc(CCNS(=O)(=O)N2CCCCC2)cc1OCC. The quantitative estimate of drug-likeness (QED) is 0.737. The molecular weight excluding hydrogens is 328 g/mol. The van der Waals surface area contributed by atoms with Gasteiger partial charge in [-0.05, 0) is 50.8 Å².